The van der Waals surface area contributed by atoms with Crippen molar-refractivity contribution in [3.8, 4) is 16.9 Å². The molecule has 34 heavy (non-hydrogen) atoms. The van der Waals surface area contributed by atoms with Crippen LogP contribution in [0.15, 0.2) is 65.0 Å². The van der Waals surface area contributed by atoms with Crippen LogP contribution in [0, 0.1) is 5.82 Å². The Hall–Kier alpha value is -3.56. The molecule has 7 nitrogen and oxygen atoms in total. The molecule has 176 valence electrons. The highest BCUT2D eigenvalue weighted by Crippen LogP contribution is 2.30. The third kappa shape index (κ3) is 5.00. The molecule has 2 heterocycles. The zero-order valence-electron chi connectivity index (χ0n) is 19.1. The minimum Gasteiger partial charge on any atom is -0.497 e. The highest BCUT2D eigenvalue weighted by molar-refractivity contribution is 7.17. The van der Waals surface area contributed by atoms with Gasteiger partial charge < -0.3 is 15.0 Å². The van der Waals surface area contributed by atoms with Gasteiger partial charge in [-0.1, -0.05) is 24.3 Å². The van der Waals surface area contributed by atoms with Gasteiger partial charge in [-0.3, -0.25) is 14.2 Å². The number of amides is 1. The minimum absolute atomic E-state index is 0.0471. The van der Waals surface area contributed by atoms with Crippen LogP contribution in [0.2, 0.25) is 0 Å². The predicted octanol–water partition coefficient (Wildman–Crippen LogP) is 3.69. The fourth-order valence-corrected chi connectivity index (χ4v) is 4.67. The van der Waals surface area contributed by atoms with Crippen LogP contribution in [0.3, 0.4) is 0 Å². The van der Waals surface area contributed by atoms with Crippen molar-refractivity contribution in [3.63, 3.8) is 0 Å². The van der Waals surface area contributed by atoms with Crippen molar-refractivity contribution in [1.29, 1.82) is 0 Å². The Morgan fingerprint density at radius 3 is 2.53 bits per heavy atom. The molecule has 1 unspecified atom stereocenters. The van der Waals surface area contributed by atoms with Crippen molar-refractivity contribution in [3.05, 3.63) is 82.0 Å². The van der Waals surface area contributed by atoms with Gasteiger partial charge in [0, 0.05) is 17.5 Å². The third-order valence-electron chi connectivity index (χ3n) is 5.65. The fraction of sp³-hybridized carbons (Fsp3) is 0.240. The topological polar surface area (TPSA) is 76.5 Å². The molecule has 0 radical (unpaired) electrons. The van der Waals surface area contributed by atoms with Gasteiger partial charge >= 0.3 is 0 Å². The summed E-state index contributed by atoms with van der Waals surface area (Å²) in [5.41, 5.74) is 2.13. The lowest BCUT2D eigenvalue weighted by Crippen LogP contribution is -2.37. The molecule has 0 saturated carbocycles. The number of fused-ring (bicyclic) bond motifs is 1. The summed E-state index contributed by atoms with van der Waals surface area (Å²) in [5.74, 6) is 0.129. The molecule has 0 aliphatic carbocycles. The van der Waals surface area contributed by atoms with Crippen molar-refractivity contribution < 1.29 is 13.9 Å². The summed E-state index contributed by atoms with van der Waals surface area (Å²) in [6, 6.07) is 13.6. The number of thiophene rings is 1. The van der Waals surface area contributed by atoms with Crippen molar-refractivity contribution in [2.24, 2.45) is 0 Å². The molecule has 0 aliphatic rings. The van der Waals surface area contributed by atoms with E-state index in [1.165, 1.54) is 34.4 Å². The summed E-state index contributed by atoms with van der Waals surface area (Å²) in [5, 5.41) is 5.18. The Kier molecular flexibility index (Phi) is 7.04. The minimum atomic E-state index is -0.346. The molecule has 2 aromatic heterocycles. The van der Waals surface area contributed by atoms with E-state index in [1.807, 2.05) is 48.6 Å². The first kappa shape index (κ1) is 23.6. The Morgan fingerprint density at radius 2 is 1.88 bits per heavy atom. The summed E-state index contributed by atoms with van der Waals surface area (Å²) < 4.78 is 19.8. The highest BCUT2D eigenvalue weighted by Gasteiger charge is 2.18. The van der Waals surface area contributed by atoms with Crippen LogP contribution in [-0.2, 0) is 11.3 Å². The van der Waals surface area contributed by atoms with Gasteiger partial charge in [-0.05, 0) is 49.5 Å². The lowest BCUT2D eigenvalue weighted by atomic mass is 10.1. The molecule has 0 saturated heterocycles. The average Bonchev–Trinajstić information content (AvgIpc) is 3.26. The molecule has 4 rings (SSSR count). The van der Waals surface area contributed by atoms with Gasteiger partial charge in [-0.25, -0.2) is 9.37 Å². The second kappa shape index (κ2) is 10.1. The number of nitrogens with zero attached hydrogens (tertiary/aromatic N) is 3. The summed E-state index contributed by atoms with van der Waals surface area (Å²) in [4.78, 5) is 32.8. The van der Waals surface area contributed by atoms with Gasteiger partial charge in [0.05, 0.1) is 24.9 Å². The van der Waals surface area contributed by atoms with E-state index in [9.17, 15) is 14.0 Å². The number of rotatable bonds is 8. The quantitative estimate of drug-likeness (QED) is 0.416. The summed E-state index contributed by atoms with van der Waals surface area (Å²) in [6.45, 7) is 0.227. The van der Waals surface area contributed by atoms with Gasteiger partial charge in [0.15, 0.2) is 0 Å². The summed E-state index contributed by atoms with van der Waals surface area (Å²) in [7, 11) is 5.50. The van der Waals surface area contributed by atoms with Gasteiger partial charge in [0.25, 0.3) is 5.56 Å². The Labute approximate surface area is 200 Å². The third-order valence-corrected chi connectivity index (χ3v) is 6.53. The molecule has 0 fully saturated rings. The van der Waals surface area contributed by atoms with E-state index in [-0.39, 0.29) is 29.9 Å². The van der Waals surface area contributed by atoms with Crippen LogP contribution in [0.4, 0.5) is 4.39 Å². The zero-order chi connectivity index (χ0) is 24.2. The number of methoxy groups -OCH3 is 1. The summed E-state index contributed by atoms with van der Waals surface area (Å²) in [6.07, 6.45) is 1.39. The van der Waals surface area contributed by atoms with Crippen molar-refractivity contribution >= 4 is 27.5 Å². The number of nitrogens with one attached hydrogen (secondary N) is 1. The number of aromatic nitrogens is 2. The van der Waals surface area contributed by atoms with E-state index < -0.39 is 0 Å². The van der Waals surface area contributed by atoms with Gasteiger partial charge in [0.2, 0.25) is 5.91 Å². The molecule has 0 bridgehead atoms. The number of hydrogen-bond donors (Lipinski definition) is 1. The molecular weight excluding hydrogens is 455 g/mol. The molecule has 1 atom stereocenters. The van der Waals surface area contributed by atoms with Crippen LogP contribution in [0.25, 0.3) is 21.3 Å². The van der Waals surface area contributed by atoms with Crippen LogP contribution in [-0.4, -0.2) is 48.1 Å². The van der Waals surface area contributed by atoms with Crippen molar-refractivity contribution in [1.82, 2.24) is 19.8 Å². The van der Waals surface area contributed by atoms with E-state index in [1.54, 1.807) is 19.2 Å². The SMILES string of the molecule is COc1ccc(C(CNC(=O)Cn2cnc3scc(-c4ccc(F)cc4)c3c2=O)N(C)C)cc1. The second-order valence-corrected chi connectivity index (χ2v) is 8.93. The molecular formula is C25H25FN4O3S. The number of carbonyl (C=O) groups excluding carboxylic acids is 1. The smallest absolute Gasteiger partial charge is 0.263 e. The Bertz CT molecular complexity index is 1350. The van der Waals surface area contributed by atoms with Gasteiger partial charge in [-0.2, -0.15) is 0 Å². The molecule has 0 spiro atoms. The van der Waals surface area contributed by atoms with Gasteiger partial charge in [0.1, 0.15) is 22.9 Å². The number of benzene rings is 2. The normalized spacial score (nSPS) is 12.1. The zero-order valence-corrected chi connectivity index (χ0v) is 19.9. The van der Waals surface area contributed by atoms with Crippen molar-refractivity contribution in [2.75, 3.05) is 27.7 Å². The first-order valence-corrected chi connectivity index (χ1v) is 11.5. The van der Waals surface area contributed by atoms with E-state index in [4.69, 9.17) is 4.74 Å². The molecule has 4 aromatic rings. The number of ether oxygens (including phenoxy) is 1. The molecule has 2 aromatic carbocycles. The number of hydrogen-bond acceptors (Lipinski definition) is 6. The lowest BCUT2D eigenvalue weighted by molar-refractivity contribution is -0.121. The van der Waals surface area contributed by atoms with Crippen molar-refractivity contribution in [2.45, 2.75) is 12.6 Å². The van der Waals surface area contributed by atoms with Crippen LogP contribution in [0.5, 0.6) is 5.75 Å². The lowest BCUT2D eigenvalue weighted by Gasteiger charge is -2.25. The Morgan fingerprint density at radius 1 is 1.18 bits per heavy atom. The first-order valence-electron chi connectivity index (χ1n) is 10.7. The van der Waals surface area contributed by atoms with E-state index in [0.29, 0.717) is 22.3 Å². The maximum Gasteiger partial charge on any atom is 0.263 e. The fourth-order valence-electron chi connectivity index (χ4n) is 3.77. The number of carbonyl (C=O) groups is 1. The Balaban J connectivity index is 1.51. The summed E-state index contributed by atoms with van der Waals surface area (Å²) >= 11 is 1.34. The maximum absolute atomic E-state index is 13.3. The maximum atomic E-state index is 13.3. The largest absolute Gasteiger partial charge is 0.497 e. The monoisotopic (exact) mass is 480 g/mol. The molecule has 1 N–H and O–H groups in total. The van der Waals surface area contributed by atoms with E-state index in [2.05, 4.69) is 10.3 Å². The van der Waals surface area contributed by atoms with Crippen LogP contribution in [0.1, 0.15) is 11.6 Å². The molecule has 0 aliphatic heterocycles. The standard InChI is InChI=1S/C25H25FN4O3S/c1-29(2)21(17-6-10-19(33-3)11-7-17)12-27-22(31)13-30-15-28-24-23(25(30)32)20(14-34-24)16-4-8-18(26)9-5-16/h4-11,14-15,21H,12-13H2,1-3H3,(H,27,31). The first-order chi connectivity index (χ1) is 16.4. The van der Waals surface area contributed by atoms with Crippen LogP contribution >= 0.6 is 11.3 Å². The highest BCUT2D eigenvalue weighted by atomic mass is 32.1. The predicted molar refractivity (Wildman–Crippen MR) is 132 cm³/mol. The van der Waals surface area contributed by atoms with Crippen LogP contribution < -0.4 is 15.6 Å². The van der Waals surface area contributed by atoms with E-state index in [0.717, 1.165) is 16.9 Å². The van der Waals surface area contributed by atoms with E-state index >= 15 is 0 Å². The molecule has 1 amide bonds. The number of halogens is 1. The van der Waals surface area contributed by atoms with Gasteiger partial charge in [-0.15, -0.1) is 11.3 Å². The number of likely N-dealkylation sites (N-methyl/N-ethyl adjacent to an activating group) is 1. The molecule has 9 heteroatoms. The second-order valence-electron chi connectivity index (χ2n) is 8.07. The average molecular weight is 481 g/mol.